The average molecular weight is 319 g/mol. The molecule has 5 nitrogen and oxygen atoms in total. The van der Waals surface area contributed by atoms with Crippen molar-refractivity contribution in [2.45, 2.75) is 18.9 Å². The van der Waals surface area contributed by atoms with E-state index in [0.717, 1.165) is 22.6 Å². The minimum Gasteiger partial charge on any atom is -0.354 e. The molecule has 2 aromatic carbocycles. The summed E-state index contributed by atoms with van der Waals surface area (Å²) < 4.78 is 0. The predicted molar refractivity (Wildman–Crippen MR) is 92.7 cm³/mol. The Bertz CT molecular complexity index is 952. The smallest absolute Gasteiger partial charge is 0.254 e. The summed E-state index contributed by atoms with van der Waals surface area (Å²) >= 11 is 0. The number of benzene rings is 2. The molecule has 1 unspecified atom stereocenters. The molecule has 1 fully saturated rings. The first-order chi connectivity index (χ1) is 11.7. The van der Waals surface area contributed by atoms with Crippen LogP contribution in [0.25, 0.3) is 21.7 Å². The molecule has 2 N–H and O–H groups in total. The number of amides is 2. The highest BCUT2D eigenvalue weighted by molar-refractivity contribution is 6.16. The second-order valence-corrected chi connectivity index (χ2v) is 6.00. The van der Waals surface area contributed by atoms with E-state index in [1.54, 1.807) is 6.20 Å². The summed E-state index contributed by atoms with van der Waals surface area (Å²) in [7, 11) is 0. The van der Waals surface area contributed by atoms with Gasteiger partial charge in [0.15, 0.2) is 0 Å². The van der Waals surface area contributed by atoms with Crippen molar-refractivity contribution in [3.8, 4) is 0 Å². The van der Waals surface area contributed by atoms with Crippen molar-refractivity contribution in [1.29, 1.82) is 0 Å². The first kappa shape index (κ1) is 14.6. The summed E-state index contributed by atoms with van der Waals surface area (Å²) in [5, 5.41) is 8.62. The molecule has 120 valence electrons. The maximum Gasteiger partial charge on any atom is 0.254 e. The number of carbonyl (C=O) groups excluding carboxylic acids is 2. The summed E-state index contributed by atoms with van der Waals surface area (Å²) in [6.45, 7) is 0.672. The van der Waals surface area contributed by atoms with Crippen LogP contribution < -0.4 is 10.6 Å². The summed E-state index contributed by atoms with van der Waals surface area (Å²) in [5.41, 5.74) is 1.16. The Balaban J connectivity index is 1.79. The highest BCUT2D eigenvalue weighted by Gasteiger charge is 2.25. The third-order valence-corrected chi connectivity index (χ3v) is 4.45. The van der Waals surface area contributed by atoms with Gasteiger partial charge in [0.25, 0.3) is 5.91 Å². The Kier molecular flexibility index (Phi) is 3.61. The van der Waals surface area contributed by atoms with E-state index in [9.17, 15) is 9.59 Å². The van der Waals surface area contributed by atoms with Gasteiger partial charge in [0.2, 0.25) is 5.91 Å². The van der Waals surface area contributed by atoms with Crippen LogP contribution in [0.1, 0.15) is 23.2 Å². The van der Waals surface area contributed by atoms with Crippen molar-refractivity contribution in [2.24, 2.45) is 0 Å². The number of fused-ring (bicyclic) bond motifs is 3. The number of nitrogens with zero attached hydrogens (tertiary/aromatic N) is 1. The number of nitrogens with one attached hydrogen (secondary N) is 2. The van der Waals surface area contributed by atoms with Crippen LogP contribution in [-0.4, -0.2) is 29.4 Å². The standard InChI is InChI=1S/C19H17N3O2/c23-18(22-16-8-4-10-21-19(16)24)15-11-12-5-1-2-6-13(12)14-7-3-9-20-17(14)15/h1-3,5-7,9,11,16H,4,8,10H2,(H,21,24)(H,22,23). The van der Waals surface area contributed by atoms with Gasteiger partial charge in [-0.15, -0.1) is 0 Å². The van der Waals surface area contributed by atoms with Gasteiger partial charge in [0.1, 0.15) is 6.04 Å². The SMILES string of the molecule is O=C(NC1CCCNC1=O)c1cc2ccccc2c2cccnc12. The monoisotopic (exact) mass is 319 g/mol. The van der Waals surface area contributed by atoms with Gasteiger partial charge < -0.3 is 10.6 Å². The highest BCUT2D eigenvalue weighted by Crippen LogP contribution is 2.27. The van der Waals surface area contributed by atoms with E-state index in [-0.39, 0.29) is 11.8 Å². The summed E-state index contributed by atoms with van der Waals surface area (Å²) in [6, 6.07) is 13.1. The molecular formula is C19H17N3O2. The van der Waals surface area contributed by atoms with Gasteiger partial charge >= 0.3 is 0 Å². The average Bonchev–Trinajstić information content (AvgIpc) is 2.63. The van der Waals surface area contributed by atoms with Crippen molar-refractivity contribution in [2.75, 3.05) is 6.54 Å². The third-order valence-electron chi connectivity index (χ3n) is 4.45. The van der Waals surface area contributed by atoms with Crippen LogP contribution in [-0.2, 0) is 4.79 Å². The second kappa shape index (κ2) is 5.92. The van der Waals surface area contributed by atoms with Crippen molar-refractivity contribution < 1.29 is 9.59 Å². The van der Waals surface area contributed by atoms with Crippen LogP contribution >= 0.6 is 0 Å². The van der Waals surface area contributed by atoms with Crippen LogP contribution in [0.2, 0.25) is 0 Å². The maximum atomic E-state index is 12.8. The van der Waals surface area contributed by atoms with E-state index in [1.807, 2.05) is 42.5 Å². The summed E-state index contributed by atoms with van der Waals surface area (Å²) in [5.74, 6) is -0.376. The number of pyridine rings is 1. The molecule has 0 saturated carbocycles. The minimum absolute atomic E-state index is 0.118. The van der Waals surface area contributed by atoms with Gasteiger partial charge in [0.05, 0.1) is 11.1 Å². The minimum atomic E-state index is -0.475. The van der Waals surface area contributed by atoms with E-state index < -0.39 is 6.04 Å². The Morgan fingerprint density at radius 3 is 2.88 bits per heavy atom. The number of hydrogen-bond acceptors (Lipinski definition) is 3. The Labute approximate surface area is 139 Å². The van der Waals surface area contributed by atoms with E-state index >= 15 is 0 Å². The largest absolute Gasteiger partial charge is 0.354 e. The van der Waals surface area contributed by atoms with Crippen molar-refractivity contribution in [3.63, 3.8) is 0 Å². The van der Waals surface area contributed by atoms with Crippen molar-refractivity contribution in [1.82, 2.24) is 15.6 Å². The molecule has 2 heterocycles. The number of piperidine rings is 1. The Morgan fingerprint density at radius 2 is 2.00 bits per heavy atom. The number of carbonyl (C=O) groups is 2. The van der Waals surface area contributed by atoms with Crippen molar-refractivity contribution in [3.05, 3.63) is 54.2 Å². The molecule has 2 amide bonds. The maximum absolute atomic E-state index is 12.8. The molecule has 24 heavy (non-hydrogen) atoms. The summed E-state index contributed by atoms with van der Waals surface area (Å²) in [6.07, 6.45) is 3.21. The lowest BCUT2D eigenvalue weighted by atomic mass is 9.99. The predicted octanol–water partition coefficient (Wildman–Crippen LogP) is 2.40. The van der Waals surface area contributed by atoms with Crippen LogP contribution in [0.5, 0.6) is 0 Å². The topological polar surface area (TPSA) is 71.1 Å². The number of hydrogen-bond donors (Lipinski definition) is 2. The molecule has 1 atom stereocenters. The molecule has 1 aliphatic heterocycles. The molecule has 0 aliphatic carbocycles. The fraction of sp³-hybridized carbons (Fsp3) is 0.211. The first-order valence-electron chi connectivity index (χ1n) is 8.09. The molecule has 3 aromatic rings. The lowest BCUT2D eigenvalue weighted by Crippen LogP contribution is -2.50. The van der Waals surface area contributed by atoms with E-state index in [4.69, 9.17) is 0 Å². The van der Waals surface area contributed by atoms with E-state index in [0.29, 0.717) is 24.0 Å². The van der Waals surface area contributed by atoms with E-state index in [1.165, 1.54) is 0 Å². The second-order valence-electron chi connectivity index (χ2n) is 6.00. The molecule has 4 rings (SSSR count). The molecule has 5 heteroatoms. The zero-order valence-electron chi connectivity index (χ0n) is 13.1. The van der Waals surface area contributed by atoms with Crippen LogP contribution in [0.4, 0.5) is 0 Å². The van der Waals surface area contributed by atoms with Gasteiger partial charge in [-0.3, -0.25) is 14.6 Å². The molecule has 1 aliphatic rings. The quantitative estimate of drug-likeness (QED) is 0.713. The van der Waals surface area contributed by atoms with Gasteiger partial charge in [0, 0.05) is 18.1 Å². The van der Waals surface area contributed by atoms with Gasteiger partial charge in [-0.05, 0) is 35.7 Å². The third kappa shape index (κ3) is 2.48. The Hall–Kier alpha value is -2.95. The fourth-order valence-corrected chi connectivity index (χ4v) is 3.25. The highest BCUT2D eigenvalue weighted by atomic mass is 16.2. The lowest BCUT2D eigenvalue weighted by molar-refractivity contribution is -0.124. The Morgan fingerprint density at radius 1 is 1.17 bits per heavy atom. The first-order valence-corrected chi connectivity index (χ1v) is 8.09. The summed E-state index contributed by atoms with van der Waals surface area (Å²) in [4.78, 5) is 29.1. The van der Waals surface area contributed by atoms with Gasteiger partial charge in [-0.25, -0.2) is 0 Å². The molecule has 0 spiro atoms. The van der Waals surface area contributed by atoms with Gasteiger partial charge in [-0.1, -0.05) is 30.3 Å². The molecule has 0 bridgehead atoms. The zero-order valence-corrected chi connectivity index (χ0v) is 13.1. The number of aromatic nitrogens is 1. The molecule has 1 aromatic heterocycles. The molecular weight excluding hydrogens is 302 g/mol. The van der Waals surface area contributed by atoms with Gasteiger partial charge in [-0.2, -0.15) is 0 Å². The van der Waals surface area contributed by atoms with E-state index in [2.05, 4.69) is 15.6 Å². The molecule has 0 radical (unpaired) electrons. The van der Waals surface area contributed by atoms with Crippen LogP contribution in [0.15, 0.2) is 48.7 Å². The fourth-order valence-electron chi connectivity index (χ4n) is 3.25. The number of rotatable bonds is 2. The molecule has 1 saturated heterocycles. The normalized spacial score (nSPS) is 17.7. The zero-order chi connectivity index (χ0) is 16.5. The van der Waals surface area contributed by atoms with Crippen LogP contribution in [0.3, 0.4) is 0 Å². The van der Waals surface area contributed by atoms with Crippen molar-refractivity contribution >= 4 is 33.5 Å². The lowest BCUT2D eigenvalue weighted by Gasteiger charge is -2.23. The van der Waals surface area contributed by atoms with Crippen LogP contribution in [0, 0.1) is 0 Å².